The summed E-state index contributed by atoms with van der Waals surface area (Å²) in [4.78, 5) is 11.1. The Balaban J connectivity index is 2.03. The van der Waals surface area contributed by atoms with Crippen molar-refractivity contribution in [2.45, 2.75) is 32.4 Å². The molecular weight excluding hydrogens is 187 g/mol. The maximum Gasteiger partial charge on any atom is 0.421 e. The van der Waals surface area contributed by atoms with E-state index in [0.717, 1.165) is 25.9 Å². The highest BCUT2D eigenvalue weighted by Crippen LogP contribution is 2.04. The lowest BCUT2D eigenvalue weighted by atomic mass is 10.3. The first-order valence-corrected chi connectivity index (χ1v) is 5.01. The van der Waals surface area contributed by atoms with Gasteiger partial charge in [-0.2, -0.15) is 0 Å². The summed E-state index contributed by atoms with van der Waals surface area (Å²) >= 11 is 0. The lowest BCUT2D eigenvalue weighted by Gasteiger charge is -2.15. The first-order valence-electron chi connectivity index (χ1n) is 5.01. The van der Waals surface area contributed by atoms with E-state index in [0.29, 0.717) is 0 Å². The molecule has 1 amide bonds. The highest BCUT2D eigenvalue weighted by Gasteiger charge is 2.14. The monoisotopic (exact) mass is 204 g/mol. The molecule has 1 fully saturated rings. The summed E-state index contributed by atoms with van der Waals surface area (Å²) in [5.74, 6) is 0. The second-order valence-corrected chi connectivity index (χ2v) is 3.51. The third-order valence-corrected chi connectivity index (χ3v) is 2.10. The van der Waals surface area contributed by atoms with E-state index in [1.54, 1.807) is 0 Å². The fourth-order valence-electron chi connectivity index (χ4n) is 1.30. The van der Waals surface area contributed by atoms with Gasteiger partial charge in [-0.05, 0) is 19.8 Å². The van der Waals surface area contributed by atoms with Gasteiger partial charge in [0.15, 0.2) is 0 Å². The van der Waals surface area contributed by atoms with E-state index in [1.807, 2.05) is 5.01 Å². The number of hydrogen-bond donors (Lipinski definition) is 1. The standard InChI is InChI=1S/C9H17FN2O2/c1-8(10)4-7-14-9(13)11-12-5-2-3-6-12/h8H,2-7H2,1H3,(H,11,13). The SMILES string of the molecule is CC(F)CCOC(=O)NN1CCCC1. The maximum absolute atomic E-state index is 12.3. The summed E-state index contributed by atoms with van der Waals surface area (Å²) in [6.45, 7) is 3.32. The minimum absolute atomic E-state index is 0.136. The van der Waals surface area contributed by atoms with E-state index in [2.05, 4.69) is 5.43 Å². The van der Waals surface area contributed by atoms with Gasteiger partial charge in [-0.3, -0.25) is 5.43 Å². The van der Waals surface area contributed by atoms with Gasteiger partial charge in [0.05, 0.1) is 6.61 Å². The third kappa shape index (κ3) is 4.41. The van der Waals surface area contributed by atoms with E-state index < -0.39 is 12.3 Å². The smallest absolute Gasteiger partial charge is 0.421 e. The van der Waals surface area contributed by atoms with Crippen LogP contribution >= 0.6 is 0 Å². The van der Waals surface area contributed by atoms with Crippen molar-refractivity contribution in [2.75, 3.05) is 19.7 Å². The number of hydrazine groups is 1. The summed E-state index contributed by atoms with van der Waals surface area (Å²) in [7, 11) is 0. The van der Waals surface area contributed by atoms with Gasteiger partial charge >= 0.3 is 6.09 Å². The second kappa shape index (κ2) is 5.80. The van der Waals surface area contributed by atoms with E-state index in [9.17, 15) is 9.18 Å². The Labute approximate surface area is 83.4 Å². The van der Waals surface area contributed by atoms with Crippen LogP contribution in [0.25, 0.3) is 0 Å². The Bertz CT molecular complexity index is 182. The van der Waals surface area contributed by atoms with Crippen molar-refractivity contribution >= 4 is 6.09 Å². The molecule has 0 saturated carbocycles. The van der Waals surface area contributed by atoms with Crippen LogP contribution in [0.4, 0.5) is 9.18 Å². The fraction of sp³-hybridized carbons (Fsp3) is 0.889. The van der Waals surface area contributed by atoms with Crippen LogP contribution in [0.3, 0.4) is 0 Å². The van der Waals surface area contributed by atoms with Gasteiger partial charge in [0, 0.05) is 19.5 Å². The molecule has 0 aromatic carbocycles. The first kappa shape index (κ1) is 11.2. The van der Waals surface area contributed by atoms with E-state index >= 15 is 0 Å². The number of ether oxygens (including phenoxy) is 1. The van der Waals surface area contributed by atoms with Crippen molar-refractivity contribution in [3.05, 3.63) is 0 Å². The number of rotatable bonds is 4. The Kier molecular flexibility index (Phi) is 4.65. The molecule has 1 saturated heterocycles. The van der Waals surface area contributed by atoms with Gasteiger partial charge in [-0.25, -0.2) is 14.2 Å². The molecule has 4 nitrogen and oxygen atoms in total. The van der Waals surface area contributed by atoms with Gasteiger partial charge in [-0.15, -0.1) is 0 Å². The molecule has 82 valence electrons. The van der Waals surface area contributed by atoms with E-state index in [-0.39, 0.29) is 13.0 Å². The maximum atomic E-state index is 12.3. The lowest BCUT2D eigenvalue weighted by molar-refractivity contribution is 0.107. The van der Waals surface area contributed by atoms with Gasteiger partial charge in [0.2, 0.25) is 0 Å². The molecule has 14 heavy (non-hydrogen) atoms. The van der Waals surface area contributed by atoms with E-state index in [1.165, 1.54) is 6.92 Å². The summed E-state index contributed by atoms with van der Waals surface area (Å²) in [5, 5.41) is 1.82. The predicted molar refractivity (Wildman–Crippen MR) is 50.5 cm³/mol. The fourth-order valence-corrected chi connectivity index (χ4v) is 1.30. The zero-order valence-corrected chi connectivity index (χ0v) is 8.46. The topological polar surface area (TPSA) is 41.6 Å². The van der Waals surface area contributed by atoms with Crippen molar-refractivity contribution in [3.63, 3.8) is 0 Å². The molecule has 0 bridgehead atoms. The molecular formula is C9H17FN2O2. The Hall–Kier alpha value is -0.840. The summed E-state index contributed by atoms with van der Waals surface area (Å²) in [5.41, 5.74) is 2.60. The predicted octanol–water partition coefficient (Wildman–Crippen LogP) is 1.47. The number of hydrogen-bond acceptors (Lipinski definition) is 3. The largest absolute Gasteiger partial charge is 0.449 e. The molecule has 5 heteroatoms. The highest BCUT2D eigenvalue weighted by atomic mass is 19.1. The molecule has 1 atom stereocenters. The van der Waals surface area contributed by atoms with Gasteiger partial charge < -0.3 is 4.74 Å². The Morgan fingerprint density at radius 1 is 1.57 bits per heavy atom. The highest BCUT2D eigenvalue weighted by molar-refractivity contribution is 5.66. The first-order chi connectivity index (χ1) is 6.68. The number of halogens is 1. The van der Waals surface area contributed by atoms with Crippen LogP contribution in [0.5, 0.6) is 0 Å². The van der Waals surface area contributed by atoms with Gasteiger partial charge in [-0.1, -0.05) is 0 Å². The van der Waals surface area contributed by atoms with Crippen LogP contribution in [0.2, 0.25) is 0 Å². The molecule has 0 aromatic rings. The molecule has 1 rings (SSSR count). The van der Waals surface area contributed by atoms with Crippen molar-refractivity contribution in [1.29, 1.82) is 0 Å². The lowest BCUT2D eigenvalue weighted by Crippen LogP contribution is -2.40. The third-order valence-electron chi connectivity index (χ3n) is 2.10. The average Bonchev–Trinajstić information content (AvgIpc) is 2.56. The van der Waals surface area contributed by atoms with Crippen LogP contribution in [0.15, 0.2) is 0 Å². The van der Waals surface area contributed by atoms with Gasteiger partial charge in [0.1, 0.15) is 6.17 Å². The molecule has 1 aliphatic heterocycles. The minimum Gasteiger partial charge on any atom is -0.449 e. The van der Waals surface area contributed by atoms with Crippen molar-refractivity contribution in [1.82, 2.24) is 10.4 Å². The molecule has 0 radical (unpaired) electrons. The summed E-state index contributed by atoms with van der Waals surface area (Å²) < 4.78 is 17.1. The quantitative estimate of drug-likeness (QED) is 0.754. The summed E-state index contributed by atoms with van der Waals surface area (Å²) in [6.07, 6.45) is 1.05. The Morgan fingerprint density at radius 3 is 2.79 bits per heavy atom. The molecule has 1 heterocycles. The van der Waals surface area contributed by atoms with Crippen LogP contribution in [0, 0.1) is 0 Å². The van der Waals surface area contributed by atoms with Crippen molar-refractivity contribution in [2.24, 2.45) is 0 Å². The van der Waals surface area contributed by atoms with E-state index in [4.69, 9.17) is 4.74 Å². The Morgan fingerprint density at radius 2 is 2.21 bits per heavy atom. The number of alkyl halides is 1. The van der Waals surface area contributed by atoms with Crippen LogP contribution in [0.1, 0.15) is 26.2 Å². The number of nitrogens with one attached hydrogen (secondary N) is 1. The second-order valence-electron chi connectivity index (χ2n) is 3.51. The van der Waals surface area contributed by atoms with Crippen LogP contribution < -0.4 is 5.43 Å². The van der Waals surface area contributed by atoms with Gasteiger partial charge in [0.25, 0.3) is 0 Å². The summed E-state index contributed by atoms with van der Waals surface area (Å²) in [6, 6.07) is 0. The number of carbonyl (C=O) groups excluding carboxylic acids is 1. The number of amides is 1. The average molecular weight is 204 g/mol. The molecule has 1 aliphatic rings. The zero-order valence-electron chi connectivity index (χ0n) is 8.46. The normalized spacial score (nSPS) is 19.3. The number of nitrogens with zero attached hydrogens (tertiary/aromatic N) is 1. The van der Waals surface area contributed by atoms with Crippen molar-refractivity contribution < 1.29 is 13.9 Å². The molecule has 0 aliphatic carbocycles. The number of carbonyl (C=O) groups is 1. The van der Waals surface area contributed by atoms with Crippen molar-refractivity contribution in [3.8, 4) is 0 Å². The molecule has 1 N–H and O–H groups in total. The molecule has 0 aromatic heterocycles. The molecule has 1 unspecified atom stereocenters. The minimum atomic E-state index is -0.922. The van der Waals surface area contributed by atoms with Crippen LogP contribution in [-0.2, 0) is 4.74 Å². The molecule has 0 spiro atoms. The van der Waals surface area contributed by atoms with Crippen LogP contribution in [-0.4, -0.2) is 37.0 Å². The zero-order chi connectivity index (χ0) is 10.4.